The third-order valence-electron chi connectivity index (χ3n) is 3.45. The second-order valence-electron chi connectivity index (χ2n) is 5.10. The highest BCUT2D eigenvalue weighted by molar-refractivity contribution is 6.30. The Kier molecular flexibility index (Phi) is 4.77. The zero-order valence-corrected chi connectivity index (χ0v) is 11.7. The summed E-state index contributed by atoms with van der Waals surface area (Å²) in [5, 5.41) is 3.16. The third kappa shape index (κ3) is 3.91. The molecule has 0 aliphatic carbocycles. The summed E-state index contributed by atoms with van der Waals surface area (Å²) in [7, 11) is 2.07. The van der Waals surface area contributed by atoms with E-state index in [4.69, 9.17) is 11.6 Å². The Balaban J connectivity index is 1.92. The maximum absolute atomic E-state index is 13.5. The Morgan fingerprint density at radius 1 is 1.58 bits per heavy atom. The molecular formula is C14H18ClFN2O. The van der Waals surface area contributed by atoms with Crippen LogP contribution in [0.25, 0.3) is 0 Å². The fourth-order valence-corrected chi connectivity index (χ4v) is 2.62. The van der Waals surface area contributed by atoms with Gasteiger partial charge in [0.25, 0.3) is 5.91 Å². The van der Waals surface area contributed by atoms with E-state index in [1.54, 1.807) is 0 Å². The smallest absolute Gasteiger partial charge is 0.254 e. The van der Waals surface area contributed by atoms with Gasteiger partial charge in [0.05, 0.1) is 5.56 Å². The molecule has 0 saturated carbocycles. The van der Waals surface area contributed by atoms with Crippen molar-refractivity contribution in [2.75, 3.05) is 26.7 Å². The highest BCUT2D eigenvalue weighted by atomic mass is 35.5. The number of hydrogen-bond donors (Lipinski definition) is 1. The first-order valence-electron chi connectivity index (χ1n) is 6.48. The predicted molar refractivity (Wildman–Crippen MR) is 74.0 cm³/mol. The maximum Gasteiger partial charge on any atom is 0.254 e. The molecule has 1 fully saturated rings. The van der Waals surface area contributed by atoms with E-state index in [1.807, 2.05) is 0 Å². The molecule has 1 N–H and O–H groups in total. The summed E-state index contributed by atoms with van der Waals surface area (Å²) >= 11 is 5.78. The van der Waals surface area contributed by atoms with Crippen LogP contribution >= 0.6 is 11.6 Å². The van der Waals surface area contributed by atoms with Crippen LogP contribution in [0.3, 0.4) is 0 Å². The summed E-state index contributed by atoms with van der Waals surface area (Å²) in [5.74, 6) is -0.499. The molecule has 0 radical (unpaired) electrons. The number of benzene rings is 1. The molecule has 2 rings (SSSR count). The van der Waals surface area contributed by atoms with Gasteiger partial charge in [0.1, 0.15) is 5.82 Å². The Labute approximate surface area is 117 Å². The number of piperidine rings is 1. The topological polar surface area (TPSA) is 32.3 Å². The second-order valence-corrected chi connectivity index (χ2v) is 5.54. The summed E-state index contributed by atoms with van der Waals surface area (Å²) in [6.07, 6.45) is 2.24. The maximum atomic E-state index is 13.5. The van der Waals surface area contributed by atoms with Gasteiger partial charge in [-0.25, -0.2) is 4.39 Å². The lowest BCUT2D eigenvalue weighted by molar-refractivity contribution is 0.0933. The highest BCUT2D eigenvalue weighted by Crippen LogP contribution is 2.16. The molecule has 1 aliphatic heterocycles. The lowest BCUT2D eigenvalue weighted by atomic mass is 9.98. The molecule has 5 heteroatoms. The van der Waals surface area contributed by atoms with Crippen molar-refractivity contribution in [3.63, 3.8) is 0 Å². The Bertz CT molecular complexity index is 467. The van der Waals surface area contributed by atoms with Crippen molar-refractivity contribution in [1.82, 2.24) is 10.2 Å². The Morgan fingerprint density at radius 3 is 3.11 bits per heavy atom. The quantitative estimate of drug-likeness (QED) is 0.925. The molecule has 0 spiro atoms. The molecular weight excluding hydrogens is 267 g/mol. The van der Waals surface area contributed by atoms with Gasteiger partial charge in [0.2, 0.25) is 0 Å². The van der Waals surface area contributed by atoms with Crippen molar-refractivity contribution in [3.05, 3.63) is 34.6 Å². The van der Waals surface area contributed by atoms with Crippen LogP contribution in [0.4, 0.5) is 4.39 Å². The Morgan fingerprint density at radius 2 is 2.37 bits per heavy atom. The lowest BCUT2D eigenvalue weighted by Crippen LogP contribution is -2.39. The number of nitrogens with zero attached hydrogens (tertiary/aromatic N) is 1. The summed E-state index contributed by atoms with van der Waals surface area (Å²) in [6.45, 7) is 2.65. The number of halogens is 2. The molecule has 104 valence electrons. The van der Waals surface area contributed by atoms with E-state index in [-0.39, 0.29) is 5.56 Å². The first kappa shape index (κ1) is 14.3. The van der Waals surface area contributed by atoms with Crippen LogP contribution in [0.15, 0.2) is 18.2 Å². The fraction of sp³-hybridized carbons (Fsp3) is 0.500. The van der Waals surface area contributed by atoms with Crippen molar-refractivity contribution in [2.45, 2.75) is 12.8 Å². The van der Waals surface area contributed by atoms with Crippen LogP contribution < -0.4 is 5.32 Å². The van der Waals surface area contributed by atoms with Gasteiger partial charge in [-0.1, -0.05) is 11.6 Å². The molecule has 19 heavy (non-hydrogen) atoms. The number of likely N-dealkylation sites (tertiary alicyclic amines) is 1. The SMILES string of the molecule is CN1CCCC(CNC(=O)c2cc(Cl)ccc2F)C1. The standard InChI is InChI=1S/C14H18ClFN2O/c1-18-6-2-3-10(9-18)8-17-14(19)12-7-11(15)4-5-13(12)16/h4-5,7,10H,2-3,6,8-9H2,1H3,(H,17,19). The van der Waals surface area contributed by atoms with Gasteiger partial charge in [-0.15, -0.1) is 0 Å². The predicted octanol–water partition coefficient (Wildman–Crippen LogP) is 2.55. The molecule has 1 atom stereocenters. The van der Waals surface area contributed by atoms with Gasteiger partial charge in [-0.3, -0.25) is 4.79 Å². The average Bonchev–Trinajstić information content (AvgIpc) is 2.39. The van der Waals surface area contributed by atoms with E-state index < -0.39 is 11.7 Å². The third-order valence-corrected chi connectivity index (χ3v) is 3.68. The monoisotopic (exact) mass is 284 g/mol. The van der Waals surface area contributed by atoms with E-state index in [9.17, 15) is 9.18 Å². The van der Waals surface area contributed by atoms with Crippen LogP contribution in [0, 0.1) is 11.7 Å². The van der Waals surface area contributed by atoms with E-state index in [0.717, 1.165) is 25.9 Å². The van der Waals surface area contributed by atoms with Gasteiger partial charge in [0.15, 0.2) is 0 Å². The number of hydrogen-bond acceptors (Lipinski definition) is 2. The number of rotatable bonds is 3. The second kappa shape index (κ2) is 6.35. The van der Waals surface area contributed by atoms with Gasteiger partial charge in [0, 0.05) is 18.1 Å². The number of nitrogens with one attached hydrogen (secondary N) is 1. The highest BCUT2D eigenvalue weighted by Gasteiger charge is 2.19. The Hall–Kier alpha value is -1.13. The van der Waals surface area contributed by atoms with Crippen LogP contribution in [-0.2, 0) is 0 Å². The minimum Gasteiger partial charge on any atom is -0.352 e. The minimum absolute atomic E-state index is 0.0108. The van der Waals surface area contributed by atoms with E-state index >= 15 is 0 Å². The largest absolute Gasteiger partial charge is 0.352 e. The number of carbonyl (C=O) groups is 1. The first-order chi connectivity index (χ1) is 9.06. The number of amides is 1. The van der Waals surface area contributed by atoms with E-state index in [1.165, 1.54) is 18.2 Å². The van der Waals surface area contributed by atoms with Crippen LogP contribution in [0.5, 0.6) is 0 Å². The molecule has 1 aliphatic rings. The minimum atomic E-state index is -0.539. The normalized spacial score (nSPS) is 20.3. The van der Waals surface area contributed by atoms with Crippen molar-refractivity contribution in [3.8, 4) is 0 Å². The van der Waals surface area contributed by atoms with Gasteiger partial charge >= 0.3 is 0 Å². The van der Waals surface area contributed by atoms with Crippen LogP contribution in [-0.4, -0.2) is 37.5 Å². The van der Waals surface area contributed by atoms with Crippen molar-refractivity contribution in [1.29, 1.82) is 0 Å². The molecule has 1 amide bonds. The molecule has 1 aromatic rings. The van der Waals surface area contributed by atoms with Crippen LogP contribution in [0.1, 0.15) is 23.2 Å². The lowest BCUT2D eigenvalue weighted by Gasteiger charge is -2.29. The van der Waals surface area contributed by atoms with Crippen molar-refractivity contribution in [2.24, 2.45) is 5.92 Å². The molecule has 1 unspecified atom stereocenters. The fourth-order valence-electron chi connectivity index (χ4n) is 2.44. The molecule has 1 saturated heterocycles. The summed E-state index contributed by atoms with van der Waals surface area (Å²) < 4.78 is 13.5. The van der Waals surface area contributed by atoms with Crippen molar-refractivity contribution < 1.29 is 9.18 Å². The van der Waals surface area contributed by atoms with Gasteiger partial charge in [-0.05, 0) is 50.6 Å². The summed E-state index contributed by atoms with van der Waals surface area (Å²) in [6, 6.07) is 4.01. The van der Waals surface area contributed by atoms with Gasteiger partial charge < -0.3 is 10.2 Å². The zero-order chi connectivity index (χ0) is 13.8. The summed E-state index contributed by atoms with van der Waals surface area (Å²) in [4.78, 5) is 14.2. The zero-order valence-electron chi connectivity index (χ0n) is 11.0. The average molecular weight is 285 g/mol. The molecule has 0 bridgehead atoms. The molecule has 3 nitrogen and oxygen atoms in total. The molecule has 0 aromatic heterocycles. The number of carbonyl (C=O) groups excluding carboxylic acids is 1. The molecule has 1 heterocycles. The first-order valence-corrected chi connectivity index (χ1v) is 6.86. The van der Waals surface area contributed by atoms with E-state index in [0.29, 0.717) is 17.5 Å². The summed E-state index contributed by atoms with van der Waals surface area (Å²) in [5.41, 5.74) is 0.0108. The van der Waals surface area contributed by atoms with Crippen molar-refractivity contribution >= 4 is 17.5 Å². The van der Waals surface area contributed by atoms with Gasteiger partial charge in [-0.2, -0.15) is 0 Å². The van der Waals surface area contributed by atoms with Crippen LogP contribution in [0.2, 0.25) is 5.02 Å². The van der Waals surface area contributed by atoms with E-state index in [2.05, 4.69) is 17.3 Å². The molecule has 1 aromatic carbocycles.